The maximum absolute atomic E-state index is 11.3. The molecule has 0 saturated heterocycles. The number of hydrogen-bond acceptors (Lipinski definition) is 6. The van der Waals surface area contributed by atoms with Crippen molar-refractivity contribution in [2.24, 2.45) is 5.41 Å². The van der Waals surface area contributed by atoms with Crippen molar-refractivity contribution in [3.8, 4) is 22.8 Å². The van der Waals surface area contributed by atoms with Crippen molar-refractivity contribution in [2.45, 2.75) is 46.0 Å². The number of carbonyl (C=O) groups excluding carboxylic acids is 1. The molecule has 6 heteroatoms. The molecule has 150 valence electrons. The molecule has 29 heavy (non-hydrogen) atoms. The number of esters is 1. The van der Waals surface area contributed by atoms with Crippen LogP contribution in [0, 0.1) is 5.41 Å². The summed E-state index contributed by atoms with van der Waals surface area (Å²) in [6.45, 7) is 4.59. The van der Waals surface area contributed by atoms with E-state index < -0.39 is 0 Å². The van der Waals surface area contributed by atoms with Gasteiger partial charge in [0.2, 0.25) is 5.82 Å². The molecule has 0 fully saturated rings. The summed E-state index contributed by atoms with van der Waals surface area (Å²) in [7, 11) is 1.40. The second-order valence-corrected chi connectivity index (χ2v) is 8.36. The summed E-state index contributed by atoms with van der Waals surface area (Å²) in [4.78, 5) is 20.3. The van der Waals surface area contributed by atoms with Crippen molar-refractivity contribution >= 4 is 5.97 Å². The van der Waals surface area contributed by atoms with Crippen LogP contribution in [0.5, 0.6) is 0 Å². The number of fused-ring (bicyclic) bond motifs is 1. The molecule has 2 aromatic heterocycles. The van der Waals surface area contributed by atoms with E-state index in [0.29, 0.717) is 30.0 Å². The van der Waals surface area contributed by atoms with Gasteiger partial charge in [0.1, 0.15) is 0 Å². The average molecular weight is 391 g/mol. The van der Waals surface area contributed by atoms with Crippen molar-refractivity contribution in [1.82, 2.24) is 15.1 Å². The summed E-state index contributed by atoms with van der Waals surface area (Å²) in [5, 5.41) is 4.17. The largest absolute Gasteiger partial charge is 0.469 e. The fraction of sp³-hybridized carbons (Fsp3) is 0.391. The molecule has 0 spiro atoms. The van der Waals surface area contributed by atoms with Crippen LogP contribution in [0.3, 0.4) is 0 Å². The van der Waals surface area contributed by atoms with Gasteiger partial charge in [-0.25, -0.2) is 0 Å². The Kier molecular flexibility index (Phi) is 5.18. The molecule has 1 aromatic carbocycles. The van der Waals surface area contributed by atoms with Crippen LogP contribution in [0.2, 0.25) is 0 Å². The van der Waals surface area contributed by atoms with Crippen LogP contribution >= 0.6 is 0 Å². The van der Waals surface area contributed by atoms with Crippen molar-refractivity contribution in [3.63, 3.8) is 0 Å². The number of ether oxygens (including phenoxy) is 1. The van der Waals surface area contributed by atoms with Gasteiger partial charge in [-0.2, -0.15) is 4.98 Å². The number of methoxy groups -OCH3 is 1. The molecule has 0 aliphatic heterocycles. The van der Waals surface area contributed by atoms with Gasteiger partial charge in [0.25, 0.3) is 5.89 Å². The molecule has 6 nitrogen and oxygen atoms in total. The first kappa shape index (κ1) is 19.3. The summed E-state index contributed by atoms with van der Waals surface area (Å²) in [6, 6.07) is 7.84. The van der Waals surface area contributed by atoms with E-state index in [-0.39, 0.29) is 5.97 Å². The predicted octanol–water partition coefficient (Wildman–Crippen LogP) is 4.42. The lowest BCUT2D eigenvalue weighted by atomic mass is 9.74. The molecule has 0 radical (unpaired) electrons. The Morgan fingerprint density at radius 1 is 1.21 bits per heavy atom. The normalized spacial score (nSPS) is 15.0. The highest BCUT2D eigenvalue weighted by Gasteiger charge is 2.28. The van der Waals surface area contributed by atoms with E-state index in [2.05, 4.69) is 33.7 Å². The molecular weight excluding hydrogens is 366 g/mol. The van der Waals surface area contributed by atoms with Gasteiger partial charge >= 0.3 is 5.97 Å². The second kappa shape index (κ2) is 7.78. The molecule has 0 amide bonds. The molecule has 0 bridgehead atoms. The second-order valence-electron chi connectivity index (χ2n) is 8.36. The Bertz CT molecular complexity index is 1020. The van der Waals surface area contributed by atoms with Gasteiger partial charge < -0.3 is 9.26 Å². The molecule has 1 aliphatic carbocycles. The number of rotatable bonds is 5. The smallest absolute Gasteiger partial charge is 0.305 e. The van der Waals surface area contributed by atoms with Crippen molar-refractivity contribution in [2.75, 3.05) is 7.11 Å². The van der Waals surface area contributed by atoms with Gasteiger partial charge in [-0.05, 0) is 47.8 Å². The topological polar surface area (TPSA) is 78.1 Å². The molecule has 0 saturated carbocycles. The van der Waals surface area contributed by atoms with Gasteiger partial charge in [0, 0.05) is 24.4 Å². The Morgan fingerprint density at radius 2 is 2.00 bits per heavy atom. The van der Waals surface area contributed by atoms with E-state index in [1.54, 1.807) is 0 Å². The third kappa shape index (κ3) is 4.21. The quantitative estimate of drug-likeness (QED) is 0.599. The zero-order valence-corrected chi connectivity index (χ0v) is 17.1. The number of benzene rings is 1. The molecule has 0 atom stereocenters. The van der Waals surface area contributed by atoms with Crippen molar-refractivity contribution in [3.05, 3.63) is 53.3 Å². The van der Waals surface area contributed by atoms with Crippen molar-refractivity contribution < 1.29 is 14.1 Å². The summed E-state index contributed by atoms with van der Waals surface area (Å²) < 4.78 is 10.3. The van der Waals surface area contributed by atoms with E-state index in [1.807, 2.05) is 36.7 Å². The molecule has 0 N–H and O–H groups in total. The molecule has 1 aliphatic rings. The summed E-state index contributed by atoms with van der Waals surface area (Å²) >= 11 is 0. The fourth-order valence-electron chi connectivity index (χ4n) is 3.85. The van der Waals surface area contributed by atoms with Gasteiger partial charge in [0.15, 0.2) is 0 Å². The zero-order valence-electron chi connectivity index (χ0n) is 17.1. The predicted molar refractivity (Wildman–Crippen MR) is 109 cm³/mol. The van der Waals surface area contributed by atoms with Gasteiger partial charge in [-0.15, -0.1) is 0 Å². The zero-order chi connectivity index (χ0) is 20.4. The number of hydrogen-bond donors (Lipinski definition) is 0. The minimum absolute atomic E-state index is 0.208. The molecule has 4 rings (SSSR count). The van der Waals surface area contributed by atoms with Crippen LogP contribution in [0.1, 0.15) is 43.4 Å². The minimum Gasteiger partial charge on any atom is -0.469 e. The molecule has 0 unspecified atom stereocenters. The first-order valence-electron chi connectivity index (χ1n) is 9.91. The Balaban J connectivity index is 1.55. The van der Waals surface area contributed by atoms with Gasteiger partial charge in [-0.3, -0.25) is 9.78 Å². The lowest BCUT2D eigenvalue weighted by Gasteiger charge is -2.31. The summed E-state index contributed by atoms with van der Waals surface area (Å²) in [5.74, 6) is 0.854. The van der Waals surface area contributed by atoms with Crippen LogP contribution in [-0.2, 0) is 28.8 Å². The number of nitrogens with zero attached hydrogens (tertiary/aromatic N) is 3. The number of aryl methyl sites for hydroxylation is 1. The first-order chi connectivity index (χ1) is 13.9. The first-order valence-corrected chi connectivity index (χ1v) is 9.91. The highest BCUT2D eigenvalue weighted by Crippen LogP contribution is 2.38. The standard InChI is InChI=1S/C23H25N3O3/c1-23(2)11-10-18-17(12-23)13-24-14-19(18)22-25-21(26-29-22)16-7-4-15(5-8-16)6-9-20(27)28-3/h4-5,7-8,13-14H,6,9-12H2,1-3H3. The maximum Gasteiger partial charge on any atom is 0.305 e. The lowest BCUT2D eigenvalue weighted by Crippen LogP contribution is -2.22. The third-order valence-electron chi connectivity index (χ3n) is 5.58. The Hall–Kier alpha value is -3.02. The number of aromatic nitrogens is 3. The van der Waals surface area contributed by atoms with Crippen molar-refractivity contribution in [1.29, 1.82) is 0 Å². The van der Waals surface area contributed by atoms with Gasteiger partial charge in [0.05, 0.1) is 12.7 Å². The minimum atomic E-state index is -0.208. The van der Waals surface area contributed by atoms with Crippen LogP contribution in [-0.4, -0.2) is 28.2 Å². The van der Waals surface area contributed by atoms with Gasteiger partial charge in [-0.1, -0.05) is 43.3 Å². The Morgan fingerprint density at radius 3 is 2.76 bits per heavy atom. The molecular formula is C23H25N3O3. The Labute approximate surface area is 170 Å². The number of carbonyl (C=O) groups is 1. The summed E-state index contributed by atoms with van der Waals surface area (Å²) in [5.41, 5.74) is 5.71. The molecule has 3 aromatic rings. The fourth-order valence-corrected chi connectivity index (χ4v) is 3.85. The third-order valence-corrected chi connectivity index (χ3v) is 5.58. The van der Waals surface area contributed by atoms with Crippen LogP contribution in [0.25, 0.3) is 22.8 Å². The van der Waals surface area contributed by atoms with E-state index >= 15 is 0 Å². The molecule has 2 heterocycles. The van der Waals surface area contributed by atoms with E-state index in [1.165, 1.54) is 18.2 Å². The SMILES string of the molecule is COC(=O)CCc1ccc(-c2noc(-c3cncc4c3CCC(C)(C)C4)n2)cc1. The number of pyridine rings is 1. The van der Waals surface area contributed by atoms with E-state index in [4.69, 9.17) is 4.52 Å². The van der Waals surface area contributed by atoms with E-state index in [9.17, 15) is 4.79 Å². The maximum atomic E-state index is 11.3. The highest BCUT2D eigenvalue weighted by molar-refractivity contribution is 5.69. The van der Waals surface area contributed by atoms with E-state index in [0.717, 1.165) is 36.0 Å². The van der Waals surface area contributed by atoms with Crippen LogP contribution in [0.15, 0.2) is 41.2 Å². The monoisotopic (exact) mass is 391 g/mol. The highest BCUT2D eigenvalue weighted by atomic mass is 16.5. The average Bonchev–Trinajstić information content (AvgIpc) is 3.21. The lowest BCUT2D eigenvalue weighted by molar-refractivity contribution is -0.140. The van der Waals surface area contributed by atoms with Crippen LogP contribution in [0.4, 0.5) is 0 Å². The summed E-state index contributed by atoms with van der Waals surface area (Å²) in [6.07, 6.45) is 7.93. The van der Waals surface area contributed by atoms with Crippen LogP contribution < -0.4 is 0 Å².